The Labute approximate surface area is 124 Å². The van der Waals surface area contributed by atoms with Crippen molar-refractivity contribution in [1.82, 2.24) is 0 Å². The number of benzene rings is 2. The summed E-state index contributed by atoms with van der Waals surface area (Å²) < 4.78 is 5.09. The van der Waals surface area contributed by atoms with Gasteiger partial charge >= 0.3 is 0 Å². The molecule has 0 fully saturated rings. The van der Waals surface area contributed by atoms with Gasteiger partial charge in [-0.3, -0.25) is 0 Å². The third-order valence-electron chi connectivity index (χ3n) is 3.31. The molecule has 0 aliphatic carbocycles. The van der Waals surface area contributed by atoms with Crippen LogP contribution in [0, 0.1) is 13.8 Å². The van der Waals surface area contributed by atoms with Gasteiger partial charge in [0.2, 0.25) is 0 Å². The van der Waals surface area contributed by atoms with Gasteiger partial charge in [0.25, 0.3) is 0 Å². The van der Waals surface area contributed by atoms with E-state index in [4.69, 9.17) is 16.3 Å². The number of aromatic hydroxyl groups is 1. The fourth-order valence-electron chi connectivity index (χ4n) is 1.94. The van der Waals surface area contributed by atoms with Crippen LogP contribution in [0.5, 0.6) is 11.5 Å². The predicted octanol–water partition coefficient (Wildman–Crippen LogP) is 4.28. The number of methoxy groups -OCH3 is 1. The van der Waals surface area contributed by atoms with E-state index in [9.17, 15) is 5.11 Å². The van der Waals surface area contributed by atoms with Gasteiger partial charge in [0, 0.05) is 12.2 Å². The maximum absolute atomic E-state index is 9.70. The molecule has 0 amide bonds. The third kappa shape index (κ3) is 3.17. The van der Waals surface area contributed by atoms with Crippen molar-refractivity contribution in [3.05, 3.63) is 52.0 Å². The molecule has 0 saturated carbocycles. The summed E-state index contributed by atoms with van der Waals surface area (Å²) in [5.41, 5.74) is 4.51. The number of phenols is 1. The molecule has 4 heteroatoms. The molecule has 2 aromatic carbocycles. The highest BCUT2D eigenvalue weighted by Gasteiger charge is 2.08. The van der Waals surface area contributed by atoms with E-state index in [1.54, 1.807) is 12.1 Å². The van der Waals surface area contributed by atoms with Crippen molar-refractivity contribution in [2.75, 3.05) is 12.4 Å². The zero-order chi connectivity index (χ0) is 14.7. The molecule has 0 unspecified atom stereocenters. The molecule has 0 radical (unpaired) electrons. The normalized spacial score (nSPS) is 10.4. The van der Waals surface area contributed by atoms with Crippen molar-refractivity contribution in [3.63, 3.8) is 0 Å². The van der Waals surface area contributed by atoms with E-state index in [1.165, 1.54) is 18.2 Å². The Morgan fingerprint density at radius 2 is 1.90 bits per heavy atom. The van der Waals surface area contributed by atoms with Crippen LogP contribution in [0.1, 0.15) is 16.7 Å². The van der Waals surface area contributed by atoms with Crippen LogP contribution in [0.2, 0.25) is 5.02 Å². The molecule has 0 atom stereocenters. The molecule has 2 N–H and O–H groups in total. The minimum absolute atomic E-state index is 0.0240. The SMILES string of the molecule is COc1cc(CNc2ccc(C)c(C)c2)cc(Cl)c1O. The summed E-state index contributed by atoms with van der Waals surface area (Å²) in [6.07, 6.45) is 0. The van der Waals surface area contributed by atoms with Crippen LogP contribution in [0.25, 0.3) is 0 Å². The predicted molar refractivity (Wildman–Crippen MR) is 82.9 cm³/mol. The molecule has 0 heterocycles. The Hall–Kier alpha value is -1.87. The van der Waals surface area contributed by atoms with E-state index < -0.39 is 0 Å². The minimum Gasteiger partial charge on any atom is -0.503 e. The number of halogens is 1. The highest BCUT2D eigenvalue weighted by molar-refractivity contribution is 6.32. The molecule has 20 heavy (non-hydrogen) atoms. The molecule has 0 spiro atoms. The minimum atomic E-state index is -0.0240. The molecule has 0 aromatic heterocycles. The molecule has 0 aliphatic rings. The Bertz CT molecular complexity index is 626. The van der Waals surface area contributed by atoms with Crippen molar-refractivity contribution in [1.29, 1.82) is 0 Å². The first-order valence-corrected chi connectivity index (χ1v) is 6.75. The van der Waals surface area contributed by atoms with Crippen molar-refractivity contribution in [2.45, 2.75) is 20.4 Å². The number of hydrogen-bond donors (Lipinski definition) is 2. The van der Waals surface area contributed by atoms with E-state index in [1.807, 2.05) is 6.07 Å². The molecule has 3 nitrogen and oxygen atoms in total. The molecule has 0 saturated heterocycles. The van der Waals surface area contributed by atoms with E-state index in [-0.39, 0.29) is 5.75 Å². The Kier molecular flexibility index (Phi) is 4.40. The van der Waals surface area contributed by atoms with Crippen LogP contribution in [0.15, 0.2) is 30.3 Å². The van der Waals surface area contributed by atoms with Gasteiger partial charge in [-0.2, -0.15) is 0 Å². The van der Waals surface area contributed by atoms with Crippen LogP contribution in [-0.4, -0.2) is 12.2 Å². The molecular formula is C16H18ClNO2. The van der Waals surface area contributed by atoms with Crippen molar-refractivity contribution in [3.8, 4) is 11.5 Å². The molecule has 0 aliphatic heterocycles. The highest BCUT2D eigenvalue weighted by Crippen LogP contribution is 2.35. The summed E-state index contributed by atoms with van der Waals surface area (Å²) in [7, 11) is 1.51. The number of hydrogen-bond acceptors (Lipinski definition) is 3. The van der Waals surface area contributed by atoms with Crippen LogP contribution < -0.4 is 10.1 Å². The number of phenolic OH excluding ortho intramolecular Hbond substituents is 1. The van der Waals surface area contributed by atoms with Gasteiger partial charge in [-0.25, -0.2) is 0 Å². The van der Waals surface area contributed by atoms with Crippen LogP contribution in [0.4, 0.5) is 5.69 Å². The summed E-state index contributed by atoms with van der Waals surface area (Å²) in [6.45, 7) is 4.78. The van der Waals surface area contributed by atoms with Crippen molar-refractivity contribution < 1.29 is 9.84 Å². The maximum atomic E-state index is 9.70. The first kappa shape index (κ1) is 14.5. The topological polar surface area (TPSA) is 41.5 Å². The third-order valence-corrected chi connectivity index (χ3v) is 3.60. The summed E-state index contributed by atoms with van der Waals surface area (Å²) in [5.74, 6) is 0.360. The van der Waals surface area contributed by atoms with Gasteiger partial charge in [-0.1, -0.05) is 17.7 Å². The lowest BCUT2D eigenvalue weighted by Gasteiger charge is -2.11. The average molecular weight is 292 g/mol. The van der Waals surface area contributed by atoms with Crippen molar-refractivity contribution >= 4 is 17.3 Å². The number of anilines is 1. The number of aryl methyl sites for hydroxylation is 2. The lowest BCUT2D eigenvalue weighted by Crippen LogP contribution is -2.00. The van der Waals surface area contributed by atoms with Crippen LogP contribution in [0.3, 0.4) is 0 Å². The van der Waals surface area contributed by atoms with E-state index >= 15 is 0 Å². The lowest BCUT2D eigenvalue weighted by molar-refractivity contribution is 0.373. The van der Waals surface area contributed by atoms with Crippen molar-refractivity contribution in [2.24, 2.45) is 0 Å². The van der Waals surface area contributed by atoms with Gasteiger partial charge in [0.1, 0.15) is 0 Å². The monoisotopic (exact) mass is 291 g/mol. The average Bonchev–Trinajstić information content (AvgIpc) is 2.43. The standard InChI is InChI=1S/C16H18ClNO2/c1-10-4-5-13(6-11(10)2)18-9-12-7-14(17)16(19)15(8-12)20-3/h4-8,18-19H,9H2,1-3H3. The summed E-state index contributed by atoms with van der Waals surface area (Å²) in [5, 5.41) is 13.3. The second-order valence-electron chi connectivity index (χ2n) is 4.78. The Balaban J connectivity index is 2.14. The molecular weight excluding hydrogens is 274 g/mol. The summed E-state index contributed by atoms with van der Waals surface area (Å²) in [6, 6.07) is 9.74. The van der Waals surface area contributed by atoms with Gasteiger partial charge in [0.15, 0.2) is 11.5 Å². The van der Waals surface area contributed by atoms with Gasteiger partial charge in [-0.05, 0) is 54.8 Å². The smallest absolute Gasteiger partial charge is 0.176 e. The maximum Gasteiger partial charge on any atom is 0.176 e. The van der Waals surface area contributed by atoms with Gasteiger partial charge < -0.3 is 15.2 Å². The Morgan fingerprint density at radius 3 is 2.55 bits per heavy atom. The second-order valence-corrected chi connectivity index (χ2v) is 5.19. The summed E-state index contributed by atoms with van der Waals surface area (Å²) >= 11 is 5.97. The fourth-order valence-corrected chi connectivity index (χ4v) is 2.17. The molecule has 0 bridgehead atoms. The van der Waals surface area contributed by atoms with E-state index in [0.29, 0.717) is 17.3 Å². The summed E-state index contributed by atoms with van der Waals surface area (Å²) in [4.78, 5) is 0. The quantitative estimate of drug-likeness (QED) is 0.883. The van der Waals surface area contributed by atoms with Crippen LogP contribution >= 0.6 is 11.6 Å². The molecule has 2 aromatic rings. The lowest BCUT2D eigenvalue weighted by atomic mass is 10.1. The largest absolute Gasteiger partial charge is 0.503 e. The number of nitrogens with one attached hydrogen (secondary N) is 1. The molecule has 106 valence electrons. The number of ether oxygens (including phenoxy) is 1. The second kappa shape index (κ2) is 6.06. The van der Waals surface area contributed by atoms with Gasteiger partial charge in [-0.15, -0.1) is 0 Å². The highest BCUT2D eigenvalue weighted by atomic mass is 35.5. The molecule has 2 rings (SSSR count). The Morgan fingerprint density at radius 1 is 1.15 bits per heavy atom. The first-order valence-electron chi connectivity index (χ1n) is 6.37. The fraction of sp³-hybridized carbons (Fsp3) is 0.250. The van der Waals surface area contributed by atoms with Gasteiger partial charge in [0.05, 0.1) is 12.1 Å². The number of rotatable bonds is 4. The van der Waals surface area contributed by atoms with E-state index in [0.717, 1.165) is 11.3 Å². The van der Waals surface area contributed by atoms with E-state index in [2.05, 4.69) is 31.3 Å². The van der Waals surface area contributed by atoms with Crippen LogP contribution in [-0.2, 0) is 6.54 Å². The first-order chi connectivity index (χ1) is 9.51. The zero-order valence-electron chi connectivity index (χ0n) is 11.8. The zero-order valence-corrected chi connectivity index (χ0v) is 12.6.